The normalized spacial score (nSPS) is 50.7. The minimum atomic E-state index is -0.0245. The first-order valence-corrected chi connectivity index (χ1v) is 4.71. The monoisotopic (exact) mass is 155 g/mol. The van der Waals surface area contributed by atoms with Crippen LogP contribution in [0.2, 0.25) is 0 Å². The Morgan fingerprint density at radius 1 is 1.09 bits per heavy atom. The van der Waals surface area contributed by atoms with Crippen LogP contribution in [0.4, 0.5) is 0 Å². The lowest BCUT2D eigenvalue weighted by Gasteiger charge is -2.42. The van der Waals surface area contributed by atoms with Crippen LogP contribution < -0.4 is 5.73 Å². The van der Waals surface area contributed by atoms with Gasteiger partial charge in [-0.25, -0.2) is 0 Å². The van der Waals surface area contributed by atoms with Gasteiger partial charge >= 0.3 is 0 Å². The van der Waals surface area contributed by atoms with Gasteiger partial charge in [0.15, 0.2) is 0 Å². The van der Waals surface area contributed by atoms with Crippen molar-refractivity contribution in [2.45, 2.75) is 44.2 Å². The standard InChI is InChI=1S/C9H17NO/c10-8-4-6-2-1-3-7(5-8)9(6)11/h6-9,11H,1-5,10H2. The van der Waals surface area contributed by atoms with Crippen molar-refractivity contribution in [1.29, 1.82) is 0 Å². The van der Waals surface area contributed by atoms with Crippen LogP contribution in [0.25, 0.3) is 0 Å². The van der Waals surface area contributed by atoms with Crippen molar-refractivity contribution in [3.8, 4) is 0 Å². The Kier molecular flexibility index (Phi) is 1.90. The largest absolute Gasteiger partial charge is 0.393 e. The van der Waals surface area contributed by atoms with Crippen LogP contribution in [0.1, 0.15) is 32.1 Å². The molecule has 0 aromatic heterocycles. The maximum atomic E-state index is 9.75. The first-order chi connectivity index (χ1) is 5.27. The fourth-order valence-electron chi connectivity index (χ4n) is 2.76. The van der Waals surface area contributed by atoms with Crippen molar-refractivity contribution >= 4 is 0 Å². The number of nitrogens with two attached hydrogens (primary N) is 1. The van der Waals surface area contributed by atoms with Gasteiger partial charge in [-0.2, -0.15) is 0 Å². The van der Waals surface area contributed by atoms with Crippen molar-refractivity contribution in [3.05, 3.63) is 0 Å². The lowest BCUT2D eigenvalue weighted by atomic mass is 9.68. The van der Waals surface area contributed by atoms with E-state index in [4.69, 9.17) is 5.73 Å². The smallest absolute Gasteiger partial charge is 0.0597 e. The average molecular weight is 155 g/mol. The van der Waals surface area contributed by atoms with E-state index in [9.17, 15) is 5.11 Å². The minimum absolute atomic E-state index is 0.0245. The second-order valence-electron chi connectivity index (χ2n) is 4.17. The molecule has 2 rings (SSSR count). The number of aliphatic hydroxyl groups is 1. The van der Waals surface area contributed by atoms with Crippen molar-refractivity contribution in [2.75, 3.05) is 0 Å². The van der Waals surface area contributed by atoms with Crippen LogP contribution >= 0.6 is 0 Å². The Balaban J connectivity index is 2.07. The third kappa shape index (κ3) is 1.30. The molecule has 0 aromatic carbocycles. The van der Waals surface area contributed by atoms with Gasteiger partial charge in [0, 0.05) is 6.04 Å². The Bertz CT molecular complexity index is 134. The van der Waals surface area contributed by atoms with Gasteiger partial charge in [0.1, 0.15) is 0 Å². The fourth-order valence-corrected chi connectivity index (χ4v) is 2.76. The molecule has 2 bridgehead atoms. The van der Waals surface area contributed by atoms with Crippen molar-refractivity contribution < 1.29 is 5.11 Å². The van der Waals surface area contributed by atoms with E-state index in [1.807, 2.05) is 0 Å². The molecule has 0 amide bonds. The average Bonchev–Trinajstić information content (AvgIpc) is 1.92. The van der Waals surface area contributed by atoms with Gasteiger partial charge in [-0.1, -0.05) is 6.42 Å². The molecule has 2 unspecified atom stereocenters. The van der Waals surface area contributed by atoms with Gasteiger partial charge in [-0.3, -0.25) is 0 Å². The second kappa shape index (κ2) is 2.76. The zero-order valence-electron chi connectivity index (χ0n) is 6.87. The van der Waals surface area contributed by atoms with E-state index < -0.39 is 0 Å². The van der Waals surface area contributed by atoms with E-state index in [2.05, 4.69) is 0 Å². The predicted molar refractivity (Wildman–Crippen MR) is 44.0 cm³/mol. The van der Waals surface area contributed by atoms with Crippen LogP contribution in [0.15, 0.2) is 0 Å². The van der Waals surface area contributed by atoms with Crippen LogP contribution in [0.3, 0.4) is 0 Å². The number of rotatable bonds is 0. The molecule has 0 heterocycles. The molecule has 2 nitrogen and oxygen atoms in total. The summed E-state index contributed by atoms with van der Waals surface area (Å²) in [6.45, 7) is 0. The van der Waals surface area contributed by atoms with E-state index in [1.165, 1.54) is 19.3 Å². The van der Waals surface area contributed by atoms with Gasteiger partial charge in [-0.15, -0.1) is 0 Å². The summed E-state index contributed by atoms with van der Waals surface area (Å²) in [6, 6.07) is 0.369. The number of fused-ring (bicyclic) bond motifs is 2. The molecular formula is C9H17NO. The summed E-state index contributed by atoms with van der Waals surface area (Å²) in [7, 11) is 0. The molecule has 0 aliphatic heterocycles. The van der Waals surface area contributed by atoms with Gasteiger partial charge in [0.05, 0.1) is 6.10 Å². The number of hydrogen-bond acceptors (Lipinski definition) is 2. The van der Waals surface area contributed by atoms with E-state index in [0.717, 1.165) is 12.8 Å². The molecule has 2 aliphatic carbocycles. The van der Waals surface area contributed by atoms with E-state index in [1.54, 1.807) is 0 Å². The molecule has 0 saturated heterocycles. The highest BCUT2D eigenvalue weighted by Gasteiger charge is 2.37. The van der Waals surface area contributed by atoms with Gasteiger partial charge < -0.3 is 10.8 Å². The Labute approximate surface area is 67.8 Å². The molecule has 0 spiro atoms. The summed E-state index contributed by atoms with van der Waals surface area (Å²) in [5.74, 6) is 1.05. The topological polar surface area (TPSA) is 46.2 Å². The molecule has 2 saturated carbocycles. The first kappa shape index (κ1) is 7.56. The van der Waals surface area contributed by atoms with Crippen LogP contribution in [0.5, 0.6) is 0 Å². The highest BCUT2D eigenvalue weighted by Crippen LogP contribution is 2.39. The summed E-state index contributed by atoms with van der Waals surface area (Å²) in [5.41, 5.74) is 5.88. The summed E-state index contributed by atoms with van der Waals surface area (Å²) in [5, 5.41) is 9.75. The molecule has 2 aliphatic rings. The summed E-state index contributed by atoms with van der Waals surface area (Å²) < 4.78 is 0. The second-order valence-corrected chi connectivity index (χ2v) is 4.17. The summed E-state index contributed by atoms with van der Waals surface area (Å²) in [6.07, 6.45) is 5.79. The molecule has 2 heteroatoms. The third-order valence-electron chi connectivity index (χ3n) is 3.33. The Hall–Kier alpha value is -0.0800. The summed E-state index contributed by atoms with van der Waals surface area (Å²) >= 11 is 0. The molecule has 0 aromatic rings. The number of hydrogen-bond donors (Lipinski definition) is 2. The molecule has 0 radical (unpaired) electrons. The van der Waals surface area contributed by atoms with Crippen LogP contribution in [-0.2, 0) is 0 Å². The Morgan fingerprint density at radius 3 is 2.18 bits per heavy atom. The zero-order valence-corrected chi connectivity index (χ0v) is 6.87. The molecular weight excluding hydrogens is 138 g/mol. The van der Waals surface area contributed by atoms with E-state index in [0.29, 0.717) is 17.9 Å². The lowest BCUT2D eigenvalue weighted by Crippen LogP contribution is -2.45. The first-order valence-electron chi connectivity index (χ1n) is 4.71. The molecule has 11 heavy (non-hydrogen) atoms. The SMILES string of the molecule is NC1CC2CCCC(C1)C2O. The Morgan fingerprint density at radius 2 is 1.64 bits per heavy atom. The minimum Gasteiger partial charge on any atom is -0.393 e. The highest BCUT2D eigenvalue weighted by atomic mass is 16.3. The van der Waals surface area contributed by atoms with Gasteiger partial charge in [-0.05, 0) is 37.5 Å². The molecule has 64 valence electrons. The van der Waals surface area contributed by atoms with Gasteiger partial charge in [0.25, 0.3) is 0 Å². The highest BCUT2D eigenvalue weighted by molar-refractivity contribution is 4.90. The van der Waals surface area contributed by atoms with Crippen molar-refractivity contribution in [2.24, 2.45) is 17.6 Å². The van der Waals surface area contributed by atoms with E-state index >= 15 is 0 Å². The third-order valence-corrected chi connectivity index (χ3v) is 3.33. The predicted octanol–water partition coefficient (Wildman–Crippen LogP) is 0.885. The van der Waals surface area contributed by atoms with E-state index in [-0.39, 0.29) is 6.10 Å². The summed E-state index contributed by atoms with van der Waals surface area (Å²) in [4.78, 5) is 0. The molecule has 2 fully saturated rings. The van der Waals surface area contributed by atoms with Crippen LogP contribution in [0, 0.1) is 11.8 Å². The maximum Gasteiger partial charge on any atom is 0.0597 e. The fraction of sp³-hybridized carbons (Fsp3) is 1.00. The van der Waals surface area contributed by atoms with Crippen molar-refractivity contribution in [3.63, 3.8) is 0 Å². The molecule has 2 atom stereocenters. The molecule has 3 N–H and O–H groups in total. The lowest BCUT2D eigenvalue weighted by molar-refractivity contribution is -0.0202. The zero-order chi connectivity index (χ0) is 7.84. The van der Waals surface area contributed by atoms with Gasteiger partial charge in [0.2, 0.25) is 0 Å². The van der Waals surface area contributed by atoms with Crippen LogP contribution in [-0.4, -0.2) is 17.3 Å². The van der Waals surface area contributed by atoms with Crippen molar-refractivity contribution in [1.82, 2.24) is 0 Å². The quantitative estimate of drug-likeness (QED) is 0.545. The number of aliphatic hydroxyl groups excluding tert-OH is 1. The maximum absolute atomic E-state index is 9.75.